The molecule has 48 heavy (non-hydrogen) atoms. The lowest BCUT2D eigenvalue weighted by Crippen LogP contribution is -2.51. The molecule has 6 bridgehead atoms. The van der Waals surface area contributed by atoms with Crippen LogP contribution in [0.4, 0.5) is 14.6 Å². The van der Waals surface area contributed by atoms with Crippen molar-refractivity contribution in [3.8, 4) is 6.01 Å². The smallest absolute Gasteiger partial charge is 0.319 e. The van der Waals surface area contributed by atoms with Crippen LogP contribution in [0, 0.1) is 29.5 Å². The number of piperidine rings is 1. The molecule has 13 heteroatoms. The van der Waals surface area contributed by atoms with Crippen LogP contribution in [0.5, 0.6) is 6.01 Å². The molecule has 1 amide bonds. The first-order valence-corrected chi connectivity index (χ1v) is 18.4. The van der Waals surface area contributed by atoms with Gasteiger partial charge in [-0.05, 0) is 75.2 Å². The molecule has 260 valence electrons. The van der Waals surface area contributed by atoms with E-state index in [1.807, 2.05) is 4.90 Å². The Hall–Kier alpha value is -2.74. The normalized spacial score (nSPS) is 38.4. The second-order valence-electron chi connectivity index (χ2n) is 15.7. The van der Waals surface area contributed by atoms with E-state index in [0.29, 0.717) is 54.9 Å². The van der Waals surface area contributed by atoms with E-state index in [2.05, 4.69) is 27.6 Å². The van der Waals surface area contributed by atoms with Gasteiger partial charge >= 0.3 is 6.01 Å². The topological polar surface area (TPSA) is 108 Å². The van der Waals surface area contributed by atoms with Crippen molar-refractivity contribution in [1.82, 2.24) is 35.6 Å². The van der Waals surface area contributed by atoms with Gasteiger partial charge in [0.05, 0.1) is 22.7 Å². The van der Waals surface area contributed by atoms with E-state index in [9.17, 15) is 9.18 Å². The lowest BCUT2D eigenvalue weighted by atomic mass is 9.62. The largest absolute Gasteiger partial charge is 0.461 e. The quantitative estimate of drug-likeness (QED) is 0.508. The number of hydrogen-bond acceptors (Lipinski definition) is 10. The molecule has 2 N–H and O–H groups in total. The summed E-state index contributed by atoms with van der Waals surface area (Å²) in [4.78, 5) is 34.5. The molecule has 8 aliphatic rings. The predicted octanol–water partition coefficient (Wildman–Crippen LogP) is 3.19. The zero-order valence-electron chi connectivity index (χ0n) is 27.9. The van der Waals surface area contributed by atoms with Crippen LogP contribution >= 0.6 is 0 Å². The molecule has 9 atom stereocenters. The van der Waals surface area contributed by atoms with Crippen LogP contribution in [0.3, 0.4) is 0 Å². The van der Waals surface area contributed by atoms with Crippen LogP contribution in [-0.4, -0.2) is 114 Å². The van der Waals surface area contributed by atoms with E-state index >= 15 is 4.39 Å². The fraction of sp³-hybridized carbons (Fsp3) is 0.771. The van der Waals surface area contributed by atoms with Gasteiger partial charge in [-0.15, -0.1) is 0 Å². The van der Waals surface area contributed by atoms with Crippen LogP contribution in [0.25, 0.3) is 10.9 Å². The fourth-order valence-electron chi connectivity index (χ4n) is 10.8. The first kappa shape index (κ1) is 31.3. The Bertz CT molecular complexity index is 1570. The number of pyridine rings is 1. The Morgan fingerprint density at radius 3 is 2.94 bits per heavy atom. The highest BCUT2D eigenvalue weighted by molar-refractivity contribution is 5.90. The maximum absolute atomic E-state index is 17.3. The van der Waals surface area contributed by atoms with Gasteiger partial charge in [0.25, 0.3) is 0 Å². The number of hydrogen-bond donors (Lipinski definition) is 2. The Kier molecular flexibility index (Phi) is 7.97. The van der Waals surface area contributed by atoms with Crippen LogP contribution in [0.1, 0.15) is 69.9 Å². The summed E-state index contributed by atoms with van der Waals surface area (Å²) < 4.78 is 44.3. The standard InChI is InChI=1S/C35H48F2N8O3/c1-20-12-26-24(15-39-42-26)29-23(20)4-2-11-47-18-28(46)45-10-6-21-5-9-43(17-27(21)45)33-25-14-38-32(29)30(37)31(25)40-34(41-33)48-19-35-7-3-8-44(35)16-22(36)13-35/h14,20-24,26-27,29,39,42H,2-13,15-19H2,1H3/t20?,21-,22+,23?,24?,26?,27-,29?,35-/m0/s1. The maximum Gasteiger partial charge on any atom is 0.319 e. The first-order chi connectivity index (χ1) is 23.4. The van der Waals surface area contributed by atoms with Crippen molar-refractivity contribution in [3.05, 3.63) is 17.7 Å². The van der Waals surface area contributed by atoms with Crippen molar-refractivity contribution in [1.29, 1.82) is 0 Å². The van der Waals surface area contributed by atoms with Gasteiger partial charge in [0.2, 0.25) is 5.91 Å². The molecule has 2 aromatic rings. The van der Waals surface area contributed by atoms with Crippen molar-refractivity contribution in [2.75, 3.05) is 64.0 Å². The Labute approximate surface area is 280 Å². The monoisotopic (exact) mass is 666 g/mol. The van der Waals surface area contributed by atoms with Gasteiger partial charge < -0.3 is 19.3 Å². The molecular formula is C35H48F2N8O3. The highest BCUT2D eigenvalue weighted by Gasteiger charge is 2.50. The second-order valence-corrected chi connectivity index (χ2v) is 15.7. The number of hydrazine groups is 1. The SMILES string of the molecule is CC1CC2NNCC2C2c3ncc4c(nc(OC[C@@]56CCCN5C[C@H](F)C6)nc4c3F)N3CC[C@H]4CCN(C(=O)COCCCC12)[C@H]4C3. The number of amides is 1. The van der Waals surface area contributed by atoms with E-state index in [0.717, 1.165) is 71.1 Å². The summed E-state index contributed by atoms with van der Waals surface area (Å²) in [6.07, 6.45) is 7.76. The molecule has 0 spiro atoms. The third-order valence-corrected chi connectivity index (χ3v) is 13.2. The number of carbonyl (C=O) groups is 1. The summed E-state index contributed by atoms with van der Waals surface area (Å²) in [5, 5.41) is 0.565. The molecule has 0 radical (unpaired) electrons. The zero-order chi connectivity index (χ0) is 32.6. The van der Waals surface area contributed by atoms with Gasteiger partial charge in [-0.3, -0.25) is 25.5 Å². The minimum atomic E-state index is -0.873. The summed E-state index contributed by atoms with van der Waals surface area (Å²) in [6, 6.07) is 0.390. The zero-order valence-corrected chi connectivity index (χ0v) is 27.9. The molecule has 11 nitrogen and oxygen atoms in total. The number of nitrogens with zero attached hydrogens (tertiary/aromatic N) is 6. The predicted molar refractivity (Wildman–Crippen MR) is 175 cm³/mol. The van der Waals surface area contributed by atoms with Crippen LogP contribution < -0.4 is 20.5 Å². The Morgan fingerprint density at radius 1 is 1.12 bits per heavy atom. The Balaban J connectivity index is 1.15. The van der Waals surface area contributed by atoms with Gasteiger partial charge in [-0.25, -0.2) is 8.78 Å². The van der Waals surface area contributed by atoms with Gasteiger partial charge in [-0.2, -0.15) is 9.97 Å². The maximum atomic E-state index is 17.3. The summed E-state index contributed by atoms with van der Waals surface area (Å²) in [5.41, 5.74) is 7.12. The minimum Gasteiger partial charge on any atom is -0.461 e. The van der Waals surface area contributed by atoms with Crippen LogP contribution in [-0.2, 0) is 9.53 Å². The summed E-state index contributed by atoms with van der Waals surface area (Å²) >= 11 is 0. The van der Waals surface area contributed by atoms with Gasteiger partial charge in [0.1, 0.15) is 30.7 Å². The number of halogens is 2. The molecular weight excluding hydrogens is 618 g/mol. The molecule has 2 aromatic heterocycles. The minimum absolute atomic E-state index is 0.0333. The number of carbonyl (C=O) groups excluding carboxylic acids is 1. The molecule has 0 aromatic carbocycles. The third-order valence-electron chi connectivity index (χ3n) is 13.2. The highest BCUT2D eigenvalue weighted by Crippen LogP contribution is 2.49. The van der Waals surface area contributed by atoms with E-state index in [1.165, 1.54) is 0 Å². The molecule has 10 rings (SSSR count). The highest BCUT2D eigenvalue weighted by atomic mass is 19.1. The number of nitrogens with one attached hydrogen (secondary N) is 2. The number of alkyl halides is 1. The number of aromatic nitrogens is 3. The van der Waals surface area contributed by atoms with E-state index < -0.39 is 12.0 Å². The molecule has 5 saturated heterocycles. The molecule has 1 saturated carbocycles. The number of rotatable bonds is 3. The van der Waals surface area contributed by atoms with Crippen molar-refractivity contribution < 1.29 is 23.0 Å². The number of fused-ring (bicyclic) bond motifs is 8. The Morgan fingerprint density at radius 2 is 2.02 bits per heavy atom. The molecule has 5 unspecified atom stereocenters. The summed E-state index contributed by atoms with van der Waals surface area (Å²) in [7, 11) is 0. The van der Waals surface area contributed by atoms with Crippen molar-refractivity contribution >= 4 is 22.6 Å². The second kappa shape index (κ2) is 12.2. The van der Waals surface area contributed by atoms with Gasteiger partial charge in [0.15, 0.2) is 5.82 Å². The van der Waals surface area contributed by atoms with Crippen molar-refractivity contribution in [2.24, 2.45) is 23.7 Å². The third kappa shape index (κ3) is 5.17. The first-order valence-electron chi connectivity index (χ1n) is 18.4. The fourth-order valence-corrected chi connectivity index (χ4v) is 10.8. The summed E-state index contributed by atoms with van der Waals surface area (Å²) in [6.45, 7) is 7.22. The van der Waals surface area contributed by atoms with Gasteiger partial charge in [-0.1, -0.05) is 6.92 Å². The van der Waals surface area contributed by atoms with Gasteiger partial charge in [0, 0.05) is 63.9 Å². The molecule has 6 fully saturated rings. The average molecular weight is 667 g/mol. The van der Waals surface area contributed by atoms with Crippen molar-refractivity contribution in [2.45, 2.75) is 88.0 Å². The number of anilines is 1. The molecule has 7 aliphatic heterocycles. The van der Waals surface area contributed by atoms with E-state index in [-0.39, 0.29) is 66.0 Å². The number of ether oxygens (including phenoxy) is 2. The average Bonchev–Trinajstić information content (AvgIpc) is 3.86. The lowest BCUT2D eigenvalue weighted by molar-refractivity contribution is -0.137. The van der Waals surface area contributed by atoms with E-state index in [4.69, 9.17) is 24.4 Å². The lowest BCUT2D eigenvalue weighted by Gasteiger charge is -2.43. The summed E-state index contributed by atoms with van der Waals surface area (Å²) in [5.74, 6) is 1.26. The molecule has 9 heterocycles. The van der Waals surface area contributed by atoms with E-state index in [1.54, 1.807) is 6.20 Å². The van der Waals surface area contributed by atoms with Crippen LogP contribution in [0.15, 0.2) is 6.20 Å². The van der Waals surface area contributed by atoms with Crippen LogP contribution in [0.2, 0.25) is 0 Å². The molecule has 1 aliphatic carbocycles. The van der Waals surface area contributed by atoms with Crippen molar-refractivity contribution in [3.63, 3.8) is 0 Å².